The minimum absolute atomic E-state index is 0.0437. The Kier molecular flexibility index (Phi) is 4.39. The molecule has 0 bridgehead atoms. The zero-order valence-electron chi connectivity index (χ0n) is 7.99. The lowest BCUT2D eigenvalue weighted by atomic mass is 10.2. The Bertz CT molecular complexity index is 211. The third-order valence-electron chi connectivity index (χ3n) is 2.12. The van der Waals surface area contributed by atoms with Crippen LogP contribution in [0.4, 0.5) is 0 Å². The van der Waals surface area contributed by atoms with Gasteiger partial charge in [0.1, 0.15) is 0 Å². The van der Waals surface area contributed by atoms with Gasteiger partial charge >= 0.3 is 5.97 Å². The van der Waals surface area contributed by atoms with E-state index in [2.05, 4.69) is 5.32 Å². The summed E-state index contributed by atoms with van der Waals surface area (Å²) in [6.07, 6.45) is 2.05. The fourth-order valence-corrected chi connectivity index (χ4v) is 1.34. The van der Waals surface area contributed by atoms with Crippen LogP contribution in [0.25, 0.3) is 0 Å². The summed E-state index contributed by atoms with van der Waals surface area (Å²) >= 11 is 0. The lowest BCUT2D eigenvalue weighted by Gasteiger charge is -2.09. The first-order chi connectivity index (χ1) is 6.68. The Morgan fingerprint density at radius 2 is 2.21 bits per heavy atom. The number of carboxylic acids is 1. The standard InChI is InChI=1S/C9H15NO4/c11-8(3-4-9(12)13)10-6-7-2-1-5-14-7/h7H,1-6H2,(H,10,11)(H,12,13)/t7-/m0/s1. The minimum atomic E-state index is -0.947. The molecule has 5 nitrogen and oxygen atoms in total. The summed E-state index contributed by atoms with van der Waals surface area (Å²) < 4.78 is 5.30. The molecule has 0 spiro atoms. The third kappa shape index (κ3) is 4.23. The van der Waals surface area contributed by atoms with Crippen LogP contribution in [-0.4, -0.2) is 36.2 Å². The normalized spacial score (nSPS) is 20.7. The topological polar surface area (TPSA) is 75.6 Å². The van der Waals surface area contributed by atoms with Gasteiger partial charge < -0.3 is 15.2 Å². The summed E-state index contributed by atoms with van der Waals surface area (Å²) in [7, 11) is 0. The van der Waals surface area contributed by atoms with Gasteiger partial charge in [-0.05, 0) is 12.8 Å². The first-order valence-electron chi connectivity index (χ1n) is 4.78. The molecule has 0 aromatic heterocycles. The molecule has 1 atom stereocenters. The number of nitrogens with one attached hydrogen (secondary N) is 1. The number of carboxylic acid groups (broad SMARTS) is 1. The summed E-state index contributed by atoms with van der Waals surface area (Å²) in [6.45, 7) is 1.26. The van der Waals surface area contributed by atoms with Crippen molar-refractivity contribution in [2.75, 3.05) is 13.2 Å². The van der Waals surface area contributed by atoms with Gasteiger partial charge in [-0.15, -0.1) is 0 Å². The summed E-state index contributed by atoms with van der Waals surface area (Å²) in [5, 5.41) is 11.0. The second kappa shape index (κ2) is 5.59. The van der Waals surface area contributed by atoms with Crippen LogP contribution in [0.3, 0.4) is 0 Å². The van der Waals surface area contributed by atoms with E-state index in [1.807, 2.05) is 0 Å². The van der Waals surface area contributed by atoms with Gasteiger partial charge in [-0.2, -0.15) is 0 Å². The van der Waals surface area contributed by atoms with Crippen LogP contribution >= 0.6 is 0 Å². The van der Waals surface area contributed by atoms with Crippen LogP contribution in [0.2, 0.25) is 0 Å². The molecule has 1 rings (SSSR count). The third-order valence-corrected chi connectivity index (χ3v) is 2.12. The van der Waals surface area contributed by atoms with Gasteiger partial charge in [0.2, 0.25) is 5.91 Å². The van der Waals surface area contributed by atoms with E-state index in [0.717, 1.165) is 19.4 Å². The van der Waals surface area contributed by atoms with E-state index in [0.29, 0.717) is 6.54 Å². The molecule has 5 heteroatoms. The van der Waals surface area contributed by atoms with E-state index < -0.39 is 5.97 Å². The van der Waals surface area contributed by atoms with E-state index in [4.69, 9.17) is 9.84 Å². The van der Waals surface area contributed by atoms with Crippen LogP contribution in [0.15, 0.2) is 0 Å². The average Bonchev–Trinajstić information content (AvgIpc) is 2.63. The maximum atomic E-state index is 11.1. The number of ether oxygens (including phenoxy) is 1. The van der Waals surface area contributed by atoms with E-state index in [-0.39, 0.29) is 24.9 Å². The summed E-state index contributed by atoms with van der Waals surface area (Å²) in [5.74, 6) is -1.17. The fraction of sp³-hybridized carbons (Fsp3) is 0.778. The van der Waals surface area contributed by atoms with Gasteiger partial charge in [-0.25, -0.2) is 0 Å². The van der Waals surface area contributed by atoms with E-state index in [1.54, 1.807) is 0 Å². The van der Waals surface area contributed by atoms with Crippen molar-refractivity contribution in [2.24, 2.45) is 0 Å². The molecule has 1 fully saturated rings. The van der Waals surface area contributed by atoms with Crippen molar-refractivity contribution in [3.05, 3.63) is 0 Å². The number of carbonyl (C=O) groups is 2. The van der Waals surface area contributed by atoms with Crippen molar-refractivity contribution in [3.8, 4) is 0 Å². The summed E-state index contributed by atoms with van der Waals surface area (Å²) in [6, 6.07) is 0. The van der Waals surface area contributed by atoms with Crippen molar-refractivity contribution in [2.45, 2.75) is 31.8 Å². The fourth-order valence-electron chi connectivity index (χ4n) is 1.34. The number of carbonyl (C=O) groups excluding carboxylic acids is 1. The molecule has 80 valence electrons. The first-order valence-corrected chi connectivity index (χ1v) is 4.78. The molecule has 1 amide bonds. The van der Waals surface area contributed by atoms with Gasteiger partial charge in [0.15, 0.2) is 0 Å². The molecule has 1 heterocycles. The monoisotopic (exact) mass is 201 g/mol. The molecule has 0 aromatic rings. The lowest BCUT2D eigenvalue weighted by Crippen LogP contribution is -2.31. The SMILES string of the molecule is O=C(O)CCC(=O)NC[C@@H]1CCCO1. The van der Waals surface area contributed by atoms with Crippen molar-refractivity contribution >= 4 is 11.9 Å². The molecule has 1 aliphatic rings. The van der Waals surface area contributed by atoms with Gasteiger partial charge in [0.05, 0.1) is 12.5 Å². The average molecular weight is 201 g/mol. The Morgan fingerprint density at radius 3 is 2.79 bits per heavy atom. The van der Waals surface area contributed by atoms with Crippen molar-refractivity contribution in [1.82, 2.24) is 5.32 Å². The smallest absolute Gasteiger partial charge is 0.303 e. The number of hydrogen-bond acceptors (Lipinski definition) is 3. The van der Waals surface area contributed by atoms with Crippen LogP contribution in [-0.2, 0) is 14.3 Å². The van der Waals surface area contributed by atoms with Gasteiger partial charge in [-0.3, -0.25) is 9.59 Å². The molecule has 14 heavy (non-hydrogen) atoms. The lowest BCUT2D eigenvalue weighted by molar-refractivity contribution is -0.138. The number of aliphatic carboxylic acids is 1. The maximum absolute atomic E-state index is 11.1. The van der Waals surface area contributed by atoms with E-state index in [9.17, 15) is 9.59 Å². The highest BCUT2D eigenvalue weighted by molar-refractivity contribution is 5.80. The molecule has 0 aliphatic carbocycles. The number of rotatable bonds is 5. The molecule has 0 radical (unpaired) electrons. The van der Waals surface area contributed by atoms with Gasteiger partial charge in [0.25, 0.3) is 0 Å². The minimum Gasteiger partial charge on any atom is -0.481 e. The Hall–Kier alpha value is -1.10. The molecule has 0 aromatic carbocycles. The second-order valence-corrected chi connectivity index (χ2v) is 3.33. The number of hydrogen-bond donors (Lipinski definition) is 2. The Labute approximate surface area is 82.4 Å². The number of amides is 1. The summed E-state index contributed by atoms with van der Waals surface area (Å²) in [4.78, 5) is 21.2. The van der Waals surface area contributed by atoms with E-state index in [1.165, 1.54) is 0 Å². The van der Waals surface area contributed by atoms with Crippen molar-refractivity contribution in [3.63, 3.8) is 0 Å². The molecular formula is C9H15NO4. The molecule has 1 saturated heterocycles. The summed E-state index contributed by atoms with van der Waals surface area (Å²) in [5.41, 5.74) is 0. The molecule has 1 aliphatic heterocycles. The zero-order valence-corrected chi connectivity index (χ0v) is 7.99. The Morgan fingerprint density at radius 1 is 1.43 bits per heavy atom. The highest BCUT2D eigenvalue weighted by atomic mass is 16.5. The molecule has 0 saturated carbocycles. The van der Waals surface area contributed by atoms with Crippen molar-refractivity contribution in [1.29, 1.82) is 0 Å². The largest absolute Gasteiger partial charge is 0.481 e. The van der Waals surface area contributed by atoms with Crippen molar-refractivity contribution < 1.29 is 19.4 Å². The second-order valence-electron chi connectivity index (χ2n) is 3.33. The van der Waals surface area contributed by atoms with Crippen LogP contribution < -0.4 is 5.32 Å². The highest BCUT2D eigenvalue weighted by Gasteiger charge is 2.16. The highest BCUT2D eigenvalue weighted by Crippen LogP contribution is 2.10. The molecule has 2 N–H and O–H groups in total. The van der Waals surface area contributed by atoms with Crippen LogP contribution in [0.5, 0.6) is 0 Å². The molecular weight excluding hydrogens is 186 g/mol. The van der Waals surface area contributed by atoms with Crippen LogP contribution in [0, 0.1) is 0 Å². The van der Waals surface area contributed by atoms with E-state index >= 15 is 0 Å². The Balaban J connectivity index is 2.05. The molecule has 0 unspecified atom stereocenters. The van der Waals surface area contributed by atoms with Gasteiger partial charge in [-0.1, -0.05) is 0 Å². The zero-order chi connectivity index (χ0) is 10.4. The van der Waals surface area contributed by atoms with Gasteiger partial charge in [0, 0.05) is 19.6 Å². The maximum Gasteiger partial charge on any atom is 0.303 e. The predicted molar refractivity (Wildman–Crippen MR) is 48.9 cm³/mol. The van der Waals surface area contributed by atoms with Crippen LogP contribution in [0.1, 0.15) is 25.7 Å². The first kappa shape index (κ1) is 11.0. The predicted octanol–water partition coefficient (Wildman–Crippen LogP) is 0.146. The quantitative estimate of drug-likeness (QED) is 0.663.